The van der Waals surface area contributed by atoms with Crippen molar-refractivity contribution in [3.63, 3.8) is 0 Å². The van der Waals surface area contributed by atoms with Crippen molar-refractivity contribution in [3.8, 4) is 17.2 Å². The van der Waals surface area contributed by atoms with Gasteiger partial charge in [-0.1, -0.05) is 31.2 Å². The van der Waals surface area contributed by atoms with Crippen molar-refractivity contribution in [2.24, 2.45) is 0 Å². The third-order valence-corrected chi connectivity index (χ3v) is 3.68. The fourth-order valence-corrected chi connectivity index (χ4v) is 2.51. The largest absolute Gasteiger partial charge is 0.383 e. The molecule has 1 aromatic heterocycles. The molecule has 3 nitrogen and oxygen atoms in total. The van der Waals surface area contributed by atoms with E-state index in [9.17, 15) is 0 Å². The first-order valence-corrected chi connectivity index (χ1v) is 7.07. The van der Waals surface area contributed by atoms with Gasteiger partial charge in [-0.05, 0) is 22.9 Å². The molecule has 0 fully saturated rings. The number of nitrogen functional groups attached to an aromatic ring is 1. The highest BCUT2D eigenvalue weighted by atomic mass is 32.2. The molecular formula is C15H15N3S. The summed E-state index contributed by atoms with van der Waals surface area (Å²) in [6.45, 7) is 2.09. The van der Waals surface area contributed by atoms with E-state index >= 15 is 0 Å². The van der Waals surface area contributed by atoms with Crippen molar-refractivity contribution in [3.05, 3.63) is 42.1 Å². The lowest BCUT2D eigenvalue weighted by atomic mass is 10.0. The van der Waals surface area contributed by atoms with E-state index in [2.05, 4.69) is 24.0 Å². The molecule has 0 saturated carbocycles. The SMILES string of the molecule is CCSc1cc(-c2ccc(CC#N)cc2)cnc1N. The van der Waals surface area contributed by atoms with Gasteiger partial charge in [0.15, 0.2) is 0 Å². The molecule has 4 heteroatoms. The van der Waals surface area contributed by atoms with Crippen LogP contribution in [0.5, 0.6) is 0 Å². The summed E-state index contributed by atoms with van der Waals surface area (Å²) in [5.74, 6) is 1.55. The van der Waals surface area contributed by atoms with E-state index in [-0.39, 0.29) is 0 Å². The zero-order valence-corrected chi connectivity index (χ0v) is 11.6. The number of anilines is 1. The summed E-state index contributed by atoms with van der Waals surface area (Å²) < 4.78 is 0. The van der Waals surface area contributed by atoms with Crippen LogP contribution in [0.3, 0.4) is 0 Å². The molecule has 19 heavy (non-hydrogen) atoms. The average Bonchev–Trinajstić information content (AvgIpc) is 2.43. The number of nitrogens with zero attached hydrogens (tertiary/aromatic N) is 2. The second-order valence-electron chi connectivity index (χ2n) is 4.07. The van der Waals surface area contributed by atoms with Crippen LogP contribution in [0.1, 0.15) is 12.5 Å². The van der Waals surface area contributed by atoms with E-state index < -0.39 is 0 Å². The van der Waals surface area contributed by atoms with Gasteiger partial charge < -0.3 is 5.73 Å². The average molecular weight is 269 g/mol. The molecule has 0 spiro atoms. The summed E-state index contributed by atoms with van der Waals surface area (Å²) in [6.07, 6.45) is 2.23. The number of pyridine rings is 1. The van der Waals surface area contributed by atoms with Crippen molar-refractivity contribution >= 4 is 17.6 Å². The van der Waals surface area contributed by atoms with Gasteiger partial charge in [-0.2, -0.15) is 5.26 Å². The van der Waals surface area contributed by atoms with Gasteiger partial charge in [0.25, 0.3) is 0 Å². The molecule has 0 bridgehead atoms. The predicted molar refractivity (Wildman–Crippen MR) is 79.8 cm³/mol. The minimum absolute atomic E-state index is 0.442. The molecule has 0 radical (unpaired) electrons. The van der Waals surface area contributed by atoms with Gasteiger partial charge in [-0.15, -0.1) is 11.8 Å². The normalized spacial score (nSPS) is 10.1. The van der Waals surface area contributed by atoms with Crippen LogP contribution in [0.15, 0.2) is 41.4 Å². The van der Waals surface area contributed by atoms with Crippen LogP contribution in [0, 0.1) is 11.3 Å². The Balaban J connectivity index is 2.31. The summed E-state index contributed by atoms with van der Waals surface area (Å²) in [4.78, 5) is 5.25. The molecule has 0 atom stereocenters. The van der Waals surface area contributed by atoms with Gasteiger partial charge in [-0.3, -0.25) is 0 Å². The summed E-state index contributed by atoms with van der Waals surface area (Å²) in [5.41, 5.74) is 9.01. The van der Waals surface area contributed by atoms with Crippen molar-refractivity contribution in [1.29, 1.82) is 5.26 Å². The molecule has 1 aromatic carbocycles. The maximum atomic E-state index is 8.66. The van der Waals surface area contributed by atoms with Gasteiger partial charge >= 0.3 is 0 Å². The number of rotatable bonds is 4. The molecule has 0 aliphatic heterocycles. The second-order valence-corrected chi connectivity index (χ2v) is 5.38. The molecule has 2 N–H and O–H groups in total. The summed E-state index contributed by atoms with van der Waals surface area (Å²) >= 11 is 1.69. The van der Waals surface area contributed by atoms with Crippen molar-refractivity contribution < 1.29 is 0 Å². The highest BCUT2D eigenvalue weighted by Gasteiger charge is 2.04. The standard InChI is InChI=1S/C15H15N3S/c1-2-19-14-9-13(10-18-15(14)17)12-5-3-11(4-6-12)7-8-16/h3-6,9-10H,2,7H2,1H3,(H2,17,18). The fraction of sp³-hybridized carbons (Fsp3) is 0.200. The van der Waals surface area contributed by atoms with Crippen molar-refractivity contribution in [2.45, 2.75) is 18.2 Å². The zero-order valence-electron chi connectivity index (χ0n) is 10.8. The Hall–Kier alpha value is -1.99. The monoisotopic (exact) mass is 269 g/mol. The molecule has 0 saturated heterocycles. The minimum atomic E-state index is 0.442. The number of hydrogen-bond acceptors (Lipinski definition) is 4. The molecule has 0 aliphatic carbocycles. The molecular weight excluding hydrogens is 254 g/mol. The number of benzene rings is 1. The minimum Gasteiger partial charge on any atom is -0.383 e. The Labute approximate surface area is 117 Å². The van der Waals surface area contributed by atoms with Gasteiger partial charge in [0.05, 0.1) is 17.4 Å². The van der Waals surface area contributed by atoms with E-state index in [0.29, 0.717) is 12.2 Å². The maximum Gasteiger partial charge on any atom is 0.137 e. The first kappa shape index (κ1) is 13.4. The predicted octanol–water partition coefficient (Wildman–Crippen LogP) is 3.51. The number of aromatic nitrogens is 1. The molecule has 0 unspecified atom stereocenters. The summed E-state index contributed by atoms with van der Waals surface area (Å²) in [7, 11) is 0. The lowest BCUT2D eigenvalue weighted by Crippen LogP contribution is -1.94. The van der Waals surface area contributed by atoms with Crippen molar-refractivity contribution in [1.82, 2.24) is 4.98 Å². The van der Waals surface area contributed by atoms with Crippen LogP contribution in [-0.2, 0) is 6.42 Å². The Kier molecular flexibility index (Phi) is 4.43. The molecule has 96 valence electrons. The third-order valence-electron chi connectivity index (χ3n) is 2.75. The Bertz CT molecular complexity index is 600. The quantitative estimate of drug-likeness (QED) is 0.863. The number of hydrogen-bond donors (Lipinski definition) is 1. The van der Waals surface area contributed by atoms with Crippen LogP contribution >= 0.6 is 11.8 Å². The Morgan fingerprint density at radius 3 is 2.63 bits per heavy atom. The maximum absolute atomic E-state index is 8.66. The smallest absolute Gasteiger partial charge is 0.137 e. The fourth-order valence-electron chi connectivity index (χ4n) is 1.79. The highest BCUT2D eigenvalue weighted by molar-refractivity contribution is 7.99. The molecule has 2 rings (SSSR count). The Morgan fingerprint density at radius 1 is 1.26 bits per heavy atom. The van der Waals surface area contributed by atoms with Crippen LogP contribution in [0.2, 0.25) is 0 Å². The van der Waals surface area contributed by atoms with E-state index in [0.717, 1.165) is 27.3 Å². The highest BCUT2D eigenvalue weighted by Crippen LogP contribution is 2.28. The van der Waals surface area contributed by atoms with E-state index in [1.165, 1.54) is 0 Å². The Morgan fingerprint density at radius 2 is 2.00 bits per heavy atom. The first-order valence-electron chi connectivity index (χ1n) is 6.09. The van der Waals surface area contributed by atoms with Gasteiger partial charge in [0.2, 0.25) is 0 Å². The lowest BCUT2D eigenvalue weighted by Gasteiger charge is -2.07. The molecule has 0 aliphatic rings. The second kappa shape index (κ2) is 6.26. The van der Waals surface area contributed by atoms with E-state index in [1.807, 2.05) is 24.3 Å². The number of thioether (sulfide) groups is 1. The van der Waals surface area contributed by atoms with Crippen molar-refractivity contribution in [2.75, 3.05) is 11.5 Å². The van der Waals surface area contributed by atoms with E-state index in [4.69, 9.17) is 11.0 Å². The van der Waals surface area contributed by atoms with Gasteiger partial charge in [0.1, 0.15) is 5.82 Å². The van der Waals surface area contributed by atoms with Gasteiger partial charge in [-0.25, -0.2) is 4.98 Å². The first-order chi connectivity index (χ1) is 9.24. The van der Waals surface area contributed by atoms with Crippen LogP contribution < -0.4 is 5.73 Å². The molecule has 2 aromatic rings. The van der Waals surface area contributed by atoms with Crippen LogP contribution in [-0.4, -0.2) is 10.7 Å². The lowest BCUT2D eigenvalue weighted by molar-refractivity contribution is 1.24. The summed E-state index contributed by atoms with van der Waals surface area (Å²) in [5, 5.41) is 8.66. The zero-order chi connectivity index (χ0) is 13.7. The van der Waals surface area contributed by atoms with Crippen LogP contribution in [0.4, 0.5) is 5.82 Å². The van der Waals surface area contributed by atoms with E-state index in [1.54, 1.807) is 18.0 Å². The van der Waals surface area contributed by atoms with Gasteiger partial charge in [0, 0.05) is 11.8 Å². The number of nitriles is 1. The topological polar surface area (TPSA) is 62.7 Å². The third kappa shape index (κ3) is 3.27. The molecule has 1 heterocycles. The van der Waals surface area contributed by atoms with Crippen LogP contribution in [0.25, 0.3) is 11.1 Å². The molecule has 0 amide bonds. The number of nitrogens with two attached hydrogens (primary N) is 1. The summed E-state index contributed by atoms with van der Waals surface area (Å²) in [6, 6.07) is 12.2.